The number of ketones is 1. The second kappa shape index (κ2) is 4.85. The van der Waals surface area contributed by atoms with Gasteiger partial charge in [0, 0.05) is 16.7 Å². The maximum absolute atomic E-state index is 11.2. The van der Waals surface area contributed by atoms with Crippen LogP contribution in [0, 0.1) is 0 Å². The van der Waals surface area contributed by atoms with Gasteiger partial charge in [-0.25, -0.2) is 0 Å². The number of hydrogen-bond acceptors (Lipinski definition) is 4. The van der Waals surface area contributed by atoms with Crippen molar-refractivity contribution in [3.05, 3.63) is 54.2 Å². The fourth-order valence-corrected chi connectivity index (χ4v) is 2.57. The van der Waals surface area contributed by atoms with Crippen LogP contribution in [0.3, 0.4) is 0 Å². The van der Waals surface area contributed by atoms with Gasteiger partial charge in [0.15, 0.2) is 16.6 Å². The van der Waals surface area contributed by atoms with Crippen molar-refractivity contribution < 1.29 is 4.79 Å². The first-order valence-electron chi connectivity index (χ1n) is 5.83. The van der Waals surface area contributed by atoms with Gasteiger partial charge in [0.1, 0.15) is 0 Å². The molecule has 2 heterocycles. The summed E-state index contributed by atoms with van der Waals surface area (Å²) >= 11 is 1.52. The lowest BCUT2D eigenvalue weighted by Gasteiger charge is -2.01. The van der Waals surface area contributed by atoms with Gasteiger partial charge >= 0.3 is 0 Å². The highest BCUT2D eigenvalue weighted by atomic mass is 32.2. The van der Waals surface area contributed by atoms with Crippen molar-refractivity contribution in [3.8, 4) is 0 Å². The van der Waals surface area contributed by atoms with Crippen molar-refractivity contribution in [2.75, 3.05) is 0 Å². The quantitative estimate of drug-likeness (QED) is 0.685. The summed E-state index contributed by atoms with van der Waals surface area (Å²) in [5.41, 5.74) is 1.54. The standard InChI is InChI=1S/C14H11N3OS/c1-10(18)11-5-7-12(8-6-11)19-14-16-15-13-4-2-3-9-17(13)14/h2-9H,1H3. The zero-order valence-corrected chi connectivity index (χ0v) is 11.1. The molecular weight excluding hydrogens is 258 g/mol. The molecule has 94 valence electrons. The van der Waals surface area contributed by atoms with Crippen LogP contribution >= 0.6 is 11.8 Å². The van der Waals surface area contributed by atoms with Crippen molar-refractivity contribution >= 4 is 23.2 Å². The van der Waals surface area contributed by atoms with Crippen LogP contribution in [-0.4, -0.2) is 20.4 Å². The van der Waals surface area contributed by atoms with E-state index in [1.54, 1.807) is 6.92 Å². The first kappa shape index (κ1) is 11.9. The number of aromatic nitrogens is 3. The van der Waals surface area contributed by atoms with Crippen molar-refractivity contribution in [1.29, 1.82) is 0 Å². The van der Waals surface area contributed by atoms with Crippen LogP contribution in [0.5, 0.6) is 0 Å². The van der Waals surface area contributed by atoms with Gasteiger partial charge in [0.2, 0.25) is 0 Å². The molecule has 0 amide bonds. The van der Waals surface area contributed by atoms with E-state index in [1.807, 2.05) is 53.1 Å². The highest BCUT2D eigenvalue weighted by molar-refractivity contribution is 7.99. The first-order valence-corrected chi connectivity index (χ1v) is 6.64. The molecule has 4 nitrogen and oxygen atoms in total. The molecule has 0 saturated carbocycles. The number of fused-ring (bicyclic) bond motifs is 1. The van der Waals surface area contributed by atoms with E-state index in [1.165, 1.54) is 11.8 Å². The molecule has 0 bridgehead atoms. The summed E-state index contributed by atoms with van der Waals surface area (Å²) in [6.45, 7) is 1.56. The molecule has 0 aliphatic heterocycles. The van der Waals surface area contributed by atoms with E-state index in [2.05, 4.69) is 10.2 Å². The van der Waals surface area contributed by atoms with Crippen molar-refractivity contribution in [1.82, 2.24) is 14.6 Å². The van der Waals surface area contributed by atoms with Gasteiger partial charge in [-0.2, -0.15) is 0 Å². The number of carbonyl (C=O) groups is 1. The molecule has 3 rings (SSSR count). The number of Topliss-reactive ketones (excluding diaryl/α,β-unsaturated/α-hetero) is 1. The van der Waals surface area contributed by atoms with Crippen molar-refractivity contribution in [2.45, 2.75) is 17.0 Å². The molecule has 0 saturated heterocycles. The van der Waals surface area contributed by atoms with E-state index in [4.69, 9.17) is 0 Å². The van der Waals surface area contributed by atoms with Crippen LogP contribution in [0.4, 0.5) is 0 Å². The van der Waals surface area contributed by atoms with Gasteiger partial charge in [0.05, 0.1) is 0 Å². The summed E-state index contributed by atoms with van der Waals surface area (Å²) in [5, 5.41) is 9.07. The van der Waals surface area contributed by atoms with Crippen LogP contribution < -0.4 is 0 Å². The highest BCUT2D eigenvalue weighted by Gasteiger charge is 2.07. The minimum absolute atomic E-state index is 0.0736. The molecule has 0 fully saturated rings. The Morgan fingerprint density at radius 1 is 1.11 bits per heavy atom. The van der Waals surface area contributed by atoms with Crippen LogP contribution in [0.15, 0.2) is 58.7 Å². The Morgan fingerprint density at radius 2 is 1.89 bits per heavy atom. The maximum Gasteiger partial charge on any atom is 0.200 e. The normalized spacial score (nSPS) is 10.8. The fraction of sp³-hybridized carbons (Fsp3) is 0.0714. The minimum atomic E-state index is 0.0736. The Morgan fingerprint density at radius 3 is 2.63 bits per heavy atom. The van der Waals surface area contributed by atoms with Crippen LogP contribution in [-0.2, 0) is 0 Å². The summed E-state index contributed by atoms with van der Waals surface area (Å²) in [6.07, 6.45) is 1.93. The van der Waals surface area contributed by atoms with E-state index in [9.17, 15) is 4.79 Å². The number of benzene rings is 1. The van der Waals surface area contributed by atoms with E-state index >= 15 is 0 Å². The van der Waals surface area contributed by atoms with Gasteiger partial charge in [-0.15, -0.1) is 10.2 Å². The maximum atomic E-state index is 11.2. The number of carbonyl (C=O) groups excluding carboxylic acids is 1. The Kier molecular flexibility index (Phi) is 3.05. The predicted octanol–water partition coefficient (Wildman–Crippen LogP) is 3.08. The Balaban J connectivity index is 1.90. The lowest BCUT2D eigenvalue weighted by molar-refractivity contribution is 0.101. The summed E-state index contributed by atoms with van der Waals surface area (Å²) in [6, 6.07) is 13.3. The van der Waals surface area contributed by atoms with E-state index < -0.39 is 0 Å². The Hall–Kier alpha value is -2.14. The molecule has 3 aromatic rings. The monoisotopic (exact) mass is 269 g/mol. The Bertz CT molecular complexity index is 734. The number of rotatable bonds is 3. The molecule has 19 heavy (non-hydrogen) atoms. The number of hydrogen-bond donors (Lipinski definition) is 0. The third kappa shape index (κ3) is 2.37. The zero-order valence-electron chi connectivity index (χ0n) is 10.3. The minimum Gasteiger partial charge on any atom is -0.295 e. The fourth-order valence-electron chi connectivity index (χ4n) is 1.75. The second-order valence-corrected chi connectivity index (χ2v) is 5.13. The average molecular weight is 269 g/mol. The molecule has 1 aromatic carbocycles. The van der Waals surface area contributed by atoms with Crippen LogP contribution in [0.2, 0.25) is 0 Å². The molecule has 0 radical (unpaired) electrons. The van der Waals surface area contributed by atoms with E-state index in [0.29, 0.717) is 0 Å². The van der Waals surface area contributed by atoms with Gasteiger partial charge in [0.25, 0.3) is 0 Å². The average Bonchev–Trinajstić information content (AvgIpc) is 2.83. The lowest BCUT2D eigenvalue weighted by Crippen LogP contribution is -1.91. The van der Waals surface area contributed by atoms with Gasteiger partial charge in [-0.3, -0.25) is 9.20 Å². The lowest BCUT2D eigenvalue weighted by atomic mass is 10.2. The molecule has 5 heteroatoms. The molecule has 0 aliphatic rings. The molecule has 0 spiro atoms. The summed E-state index contributed by atoms with van der Waals surface area (Å²) < 4.78 is 1.93. The SMILES string of the molecule is CC(=O)c1ccc(Sc2nnc3ccccn23)cc1. The molecule has 0 atom stereocenters. The van der Waals surface area contributed by atoms with Crippen LogP contribution in [0.25, 0.3) is 5.65 Å². The van der Waals surface area contributed by atoms with E-state index in [-0.39, 0.29) is 5.78 Å². The topological polar surface area (TPSA) is 47.3 Å². The third-order valence-electron chi connectivity index (χ3n) is 2.75. The predicted molar refractivity (Wildman–Crippen MR) is 73.6 cm³/mol. The first-order chi connectivity index (χ1) is 9.24. The summed E-state index contributed by atoms with van der Waals surface area (Å²) in [4.78, 5) is 12.2. The summed E-state index contributed by atoms with van der Waals surface area (Å²) in [7, 11) is 0. The van der Waals surface area contributed by atoms with Crippen molar-refractivity contribution in [3.63, 3.8) is 0 Å². The van der Waals surface area contributed by atoms with Crippen molar-refractivity contribution in [2.24, 2.45) is 0 Å². The Labute approximate surface area is 114 Å². The molecular formula is C14H11N3OS. The molecule has 0 unspecified atom stereocenters. The third-order valence-corrected chi connectivity index (χ3v) is 3.72. The van der Waals surface area contributed by atoms with E-state index in [0.717, 1.165) is 21.3 Å². The zero-order chi connectivity index (χ0) is 13.2. The van der Waals surface area contributed by atoms with Crippen LogP contribution in [0.1, 0.15) is 17.3 Å². The molecule has 0 aliphatic carbocycles. The number of nitrogens with zero attached hydrogens (tertiary/aromatic N) is 3. The molecule has 0 N–H and O–H groups in total. The second-order valence-electron chi connectivity index (χ2n) is 4.09. The summed E-state index contributed by atoms with van der Waals surface area (Å²) in [5.74, 6) is 0.0736. The van der Waals surface area contributed by atoms with Gasteiger partial charge in [-0.1, -0.05) is 18.2 Å². The smallest absolute Gasteiger partial charge is 0.200 e. The van der Waals surface area contributed by atoms with Gasteiger partial charge in [-0.05, 0) is 43.0 Å². The largest absolute Gasteiger partial charge is 0.295 e. The number of pyridine rings is 1. The molecule has 2 aromatic heterocycles. The van der Waals surface area contributed by atoms with Gasteiger partial charge < -0.3 is 0 Å². The highest BCUT2D eigenvalue weighted by Crippen LogP contribution is 2.26.